The van der Waals surface area contributed by atoms with Crippen molar-refractivity contribution in [2.24, 2.45) is 5.92 Å². The van der Waals surface area contributed by atoms with E-state index in [1.54, 1.807) is 27.7 Å². The summed E-state index contributed by atoms with van der Waals surface area (Å²) in [6.45, 7) is 12.2. The lowest BCUT2D eigenvalue weighted by molar-refractivity contribution is -0.123. The quantitative estimate of drug-likeness (QED) is 0.716. The maximum Gasteiger partial charge on any atom is 0.408 e. The third kappa shape index (κ3) is 6.74. The third-order valence-corrected chi connectivity index (χ3v) is 4.64. The zero-order valence-corrected chi connectivity index (χ0v) is 16.4. The molecule has 150 valence electrons. The Labute approximate surface area is 155 Å². The summed E-state index contributed by atoms with van der Waals surface area (Å²) in [7, 11) is 0. The fourth-order valence-corrected chi connectivity index (χ4v) is 3.27. The van der Waals surface area contributed by atoms with Crippen LogP contribution in [0.3, 0.4) is 0 Å². The van der Waals surface area contributed by atoms with Crippen molar-refractivity contribution in [1.82, 2.24) is 15.5 Å². The molecule has 2 fully saturated rings. The molecule has 2 aliphatic heterocycles. The number of carbonyl (C=O) groups excluding carboxylic acids is 2. The summed E-state index contributed by atoms with van der Waals surface area (Å²) < 4.78 is 16.2. The molecule has 0 saturated carbocycles. The minimum absolute atomic E-state index is 0.215. The van der Waals surface area contributed by atoms with Gasteiger partial charge in [0.15, 0.2) is 0 Å². The molecule has 3 atom stereocenters. The molecule has 2 aliphatic rings. The van der Waals surface area contributed by atoms with Crippen molar-refractivity contribution < 1.29 is 23.8 Å². The zero-order chi connectivity index (χ0) is 19.2. The van der Waals surface area contributed by atoms with Crippen LogP contribution in [0.25, 0.3) is 0 Å². The monoisotopic (exact) mass is 371 g/mol. The molecule has 0 aromatic rings. The van der Waals surface area contributed by atoms with E-state index in [9.17, 15) is 9.59 Å². The van der Waals surface area contributed by atoms with Gasteiger partial charge in [0.2, 0.25) is 5.91 Å². The molecule has 0 aromatic heterocycles. The van der Waals surface area contributed by atoms with Gasteiger partial charge in [-0.25, -0.2) is 4.79 Å². The van der Waals surface area contributed by atoms with Crippen molar-refractivity contribution in [3.63, 3.8) is 0 Å². The molecule has 2 N–H and O–H groups in total. The minimum Gasteiger partial charge on any atom is -0.444 e. The van der Waals surface area contributed by atoms with Gasteiger partial charge >= 0.3 is 6.09 Å². The Bertz CT molecular complexity index is 468. The van der Waals surface area contributed by atoms with Crippen molar-refractivity contribution in [1.29, 1.82) is 0 Å². The van der Waals surface area contributed by atoms with Gasteiger partial charge in [0.05, 0.1) is 19.8 Å². The highest BCUT2D eigenvalue weighted by Crippen LogP contribution is 2.21. The van der Waals surface area contributed by atoms with Crippen LogP contribution < -0.4 is 10.6 Å². The standard InChI is InChI=1S/C18H33N3O5/c1-13(20-17(23)26-18(2,3)4)16(22)19-11-15(14-5-8-25-12-14)21-6-9-24-10-7-21/h13-15H,5-12H2,1-4H3,(H,19,22)(H,20,23)/t13-,14?,15?/m1/s1. The van der Waals surface area contributed by atoms with Gasteiger partial charge in [-0.3, -0.25) is 9.69 Å². The van der Waals surface area contributed by atoms with E-state index in [4.69, 9.17) is 14.2 Å². The molecule has 0 aromatic carbocycles. The van der Waals surface area contributed by atoms with Gasteiger partial charge in [-0.05, 0) is 34.1 Å². The first-order valence-electron chi connectivity index (χ1n) is 9.43. The number of amides is 2. The highest BCUT2D eigenvalue weighted by atomic mass is 16.6. The molecule has 0 spiro atoms. The minimum atomic E-state index is -0.657. The Kier molecular flexibility index (Phi) is 7.67. The summed E-state index contributed by atoms with van der Waals surface area (Å²) in [6.07, 6.45) is 0.415. The van der Waals surface area contributed by atoms with E-state index in [1.807, 2.05) is 0 Å². The number of morpholine rings is 1. The van der Waals surface area contributed by atoms with E-state index in [-0.39, 0.29) is 11.9 Å². The Hall–Kier alpha value is -1.38. The predicted octanol–water partition coefficient (Wildman–Crippen LogP) is 0.753. The molecule has 0 bridgehead atoms. The topological polar surface area (TPSA) is 89.1 Å². The van der Waals surface area contributed by atoms with E-state index in [0.717, 1.165) is 32.7 Å². The van der Waals surface area contributed by atoms with Crippen LogP contribution in [0, 0.1) is 5.92 Å². The number of nitrogens with one attached hydrogen (secondary N) is 2. The van der Waals surface area contributed by atoms with E-state index in [0.29, 0.717) is 25.7 Å². The van der Waals surface area contributed by atoms with Crippen molar-refractivity contribution in [2.45, 2.75) is 51.8 Å². The second kappa shape index (κ2) is 9.53. The summed E-state index contributed by atoms with van der Waals surface area (Å²) in [5.41, 5.74) is -0.593. The molecule has 0 aliphatic carbocycles. The molecule has 0 radical (unpaired) electrons. The first-order valence-corrected chi connectivity index (χ1v) is 9.43. The number of nitrogens with zero attached hydrogens (tertiary/aromatic N) is 1. The van der Waals surface area contributed by atoms with Crippen LogP contribution in [0.15, 0.2) is 0 Å². The lowest BCUT2D eigenvalue weighted by Gasteiger charge is -2.37. The number of carbonyl (C=O) groups is 2. The van der Waals surface area contributed by atoms with Crippen molar-refractivity contribution in [2.75, 3.05) is 46.1 Å². The molecule has 26 heavy (non-hydrogen) atoms. The smallest absolute Gasteiger partial charge is 0.408 e. The Morgan fingerprint density at radius 3 is 2.46 bits per heavy atom. The predicted molar refractivity (Wildman–Crippen MR) is 96.9 cm³/mol. The first-order chi connectivity index (χ1) is 12.3. The van der Waals surface area contributed by atoms with Crippen LogP contribution in [-0.4, -0.2) is 80.6 Å². The molecule has 8 nitrogen and oxygen atoms in total. The third-order valence-electron chi connectivity index (χ3n) is 4.64. The second-order valence-electron chi connectivity index (χ2n) is 7.95. The van der Waals surface area contributed by atoms with Gasteiger partial charge in [-0.15, -0.1) is 0 Å². The fourth-order valence-electron chi connectivity index (χ4n) is 3.27. The largest absolute Gasteiger partial charge is 0.444 e. The number of hydrogen-bond donors (Lipinski definition) is 2. The number of hydrogen-bond acceptors (Lipinski definition) is 6. The van der Waals surface area contributed by atoms with Crippen molar-refractivity contribution in [3.05, 3.63) is 0 Å². The van der Waals surface area contributed by atoms with Gasteiger partial charge in [-0.2, -0.15) is 0 Å². The molecule has 8 heteroatoms. The average Bonchev–Trinajstić information content (AvgIpc) is 3.08. The zero-order valence-electron chi connectivity index (χ0n) is 16.4. The molecule has 2 heterocycles. The normalized spacial score (nSPS) is 23.9. The highest BCUT2D eigenvalue weighted by Gasteiger charge is 2.32. The van der Waals surface area contributed by atoms with Crippen LogP contribution in [0.1, 0.15) is 34.1 Å². The summed E-state index contributed by atoms with van der Waals surface area (Å²) in [4.78, 5) is 26.6. The lowest BCUT2D eigenvalue weighted by atomic mass is 9.96. The van der Waals surface area contributed by atoms with Crippen LogP contribution in [0.2, 0.25) is 0 Å². The van der Waals surface area contributed by atoms with Gasteiger partial charge in [0, 0.05) is 38.2 Å². The van der Waals surface area contributed by atoms with Crippen LogP contribution in [0.4, 0.5) is 4.79 Å². The molecule has 2 unspecified atom stereocenters. The van der Waals surface area contributed by atoms with E-state index < -0.39 is 17.7 Å². The van der Waals surface area contributed by atoms with E-state index in [1.165, 1.54) is 0 Å². The second-order valence-corrected chi connectivity index (χ2v) is 7.95. The summed E-state index contributed by atoms with van der Waals surface area (Å²) in [5, 5.41) is 5.56. The molecular weight excluding hydrogens is 338 g/mol. The Morgan fingerprint density at radius 2 is 1.88 bits per heavy atom. The maximum atomic E-state index is 12.4. The van der Waals surface area contributed by atoms with Gasteiger partial charge in [0.1, 0.15) is 11.6 Å². The van der Waals surface area contributed by atoms with Crippen LogP contribution in [0.5, 0.6) is 0 Å². The van der Waals surface area contributed by atoms with Crippen LogP contribution >= 0.6 is 0 Å². The van der Waals surface area contributed by atoms with Gasteiger partial charge in [-0.1, -0.05) is 0 Å². The van der Waals surface area contributed by atoms with Crippen molar-refractivity contribution >= 4 is 12.0 Å². The number of alkyl carbamates (subject to hydrolysis) is 1. The lowest BCUT2D eigenvalue weighted by Crippen LogP contribution is -2.54. The van der Waals surface area contributed by atoms with E-state index in [2.05, 4.69) is 15.5 Å². The summed E-state index contributed by atoms with van der Waals surface area (Å²) in [5.74, 6) is 0.190. The molecule has 2 amide bonds. The molecular formula is C18H33N3O5. The average molecular weight is 371 g/mol. The van der Waals surface area contributed by atoms with Crippen LogP contribution in [-0.2, 0) is 19.0 Å². The van der Waals surface area contributed by atoms with E-state index >= 15 is 0 Å². The summed E-state index contributed by atoms with van der Waals surface area (Å²) >= 11 is 0. The maximum absolute atomic E-state index is 12.4. The first kappa shape index (κ1) is 20.9. The number of ether oxygens (including phenoxy) is 3. The fraction of sp³-hybridized carbons (Fsp3) is 0.889. The number of rotatable bonds is 6. The molecule has 2 saturated heterocycles. The highest BCUT2D eigenvalue weighted by molar-refractivity contribution is 5.85. The van der Waals surface area contributed by atoms with Gasteiger partial charge < -0.3 is 24.8 Å². The summed E-state index contributed by atoms with van der Waals surface area (Å²) in [6, 6.07) is -0.436. The SMILES string of the molecule is C[C@@H](NC(=O)OC(C)(C)C)C(=O)NCC(C1CCOC1)N1CCOCC1. The van der Waals surface area contributed by atoms with Gasteiger partial charge in [0.25, 0.3) is 0 Å². The Morgan fingerprint density at radius 1 is 1.19 bits per heavy atom. The Balaban J connectivity index is 1.84. The molecule has 2 rings (SSSR count). The van der Waals surface area contributed by atoms with Crippen molar-refractivity contribution in [3.8, 4) is 0 Å².